The largest absolute Gasteiger partial charge is 0.497 e. The summed E-state index contributed by atoms with van der Waals surface area (Å²) in [6, 6.07) is 5.73. The summed E-state index contributed by atoms with van der Waals surface area (Å²) >= 11 is 0. The first-order valence-electron chi connectivity index (χ1n) is 6.18. The first-order chi connectivity index (χ1) is 8.52. The van der Waals surface area contributed by atoms with Gasteiger partial charge in [0.05, 0.1) is 19.9 Å². The van der Waals surface area contributed by atoms with Crippen LogP contribution in [0.3, 0.4) is 0 Å². The third kappa shape index (κ3) is 4.11. The van der Waals surface area contributed by atoms with Gasteiger partial charge < -0.3 is 20.5 Å². The molecular formula is C14H24N2O2. The average molecular weight is 252 g/mol. The molecule has 0 radical (unpaired) electrons. The van der Waals surface area contributed by atoms with Gasteiger partial charge >= 0.3 is 0 Å². The summed E-state index contributed by atoms with van der Waals surface area (Å²) in [5.74, 6) is 1.63. The molecule has 1 rings (SSSR count). The molecule has 1 aromatic carbocycles. The van der Waals surface area contributed by atoms with E-state index in [9.17, 15) is 0 Å². The van der Waals surface area contributed by atoms with Gasteiger partial charge in [-0.05, 0) is 30.5 Å². The number of nitrogens with one attached hydrogen (secondary N) is 1. The lowest BCUT2D eigenvalue weighted by atomic mass is 9.89. The Morgan fingerprint density at radius 3 is 2.50 bits per heavy atom. The van der Waals surface area contributed by atoms with Gasteiger partial charge in [0, 0.05) is 12.6 Å². The van der Waals surface area contributed by atoms with E-state index in [2.05, 4.69) is 19.2 Å². The lowest BCUT2D eigenvalue weighted by molar-refractivity contribution is 0.363. The Morgan fingerprint density at radius 2 is 1.94 bits per heavy atom. The molecule has 0 atom stereocenters. The molecule has 0 bridgehead atoms. The van der Waals surface area contributed by atoms with Crippen molar-refractivity contribution in [3.05, 3.63) is 18.2 Å². The van der Waals surface area contributed by atoms with Crippen molar-refractivity contribution < 1.29 is 9.47 Å². The maximum Gasteiger partial charge on any atom is 0.142 e. The van der Waals surface area contributed by atoms with E-state index < -0.39 is 0 Å². The zero-order chi connectivity index (χ0) is 13.6. The summed E-state index contributed by atoms with van der Waals surface area (Å²) in [5, 5.41) is 3.40. The quantitative estimate of drug-likeness (QED) is 0.783. The van der Waals surface area contributed by atoms with Gasteiger partial charge in [0.15, 0.2) is 0 Å². The fourth-order valence-corrected chi connectivity index (χ4v) is 1.77. The number of nitrogens with two attached hydrogens (primary N) is 1. The molecule has 4 nitrogen and oxygen atoms in total. The van der Waals surface area contributed by atoms with Crippen molar-refractivity contribution in [2.75, 3.05) is 32.6 Å². The first-order valence-corrected chi connectivity index (χ1v) is 6.18. The van der Waals surface area contributed by atoms with Gasteiger partial charge in [0.25, 0.3) is 0 Å². The monoisotopic (exact) mass is 252 g/mol. The second kappa shape index (κ2) is 6.50. The standard InChI is InChI=1S/C14H24N2O2/c1-14(2,7-8-15)10-16-12-9-11(17-3)5-6-13(12)18-4/h5-6,9,16H,7-8,10,15H2,1-4H3. The number of methoxy groups -OCH3 is 2. The molecule has 18 heavy (non-hydrogen) atoms. The first kappa shape index (κ1) is 14.6. The van der Waals surface area contributed by atoms with Crippen molar-refractivity contribution in [3.8, 4) is 11.5 Å². The molecule has 0 saturated heterocycles. The summed E-state index contributed by atoms with van der Waals surface area (Å²) in [6.45, 7) is 5.93. The van der Waals surface area contributed by atoms with E-state index in [1.165, 1.54) is 0 Å². The third-order valence-electron chi connectivity index (χ3n) is 2.99. The molecule has 0 heterocycles. The highest BCUT2D eigenvalue weighted by Gasteiger charge is 2.17. The predicted molar refractivity (Wildman–Crippen MR) is 75.5 cm³/mol. The molecule has 0 aromatic heterocycles. The summed E-state index contributed by atoms with van der Waals surface area (Å²) in [4.78, 5) is 0. The lowest BCUT2D eigenvalue weighted by Crippen LogP contribution is -2.26. The maximum atomic E-state index is 5.61. The van der Waals surface area contributed by atoms with E-state index in [0.717, 1.165) is 30.2 Å². The van der Waals surface area contributed by atoms with Crippen LogP contribution in [0.1, 0.15) is 20.3 Å². The summed E-state index contributed by atoms with van der Waals surface area (Å²) in [5.41, 5.74) is 6.71. The normalized spacial score (nSPS) is 11.2. The van der Waals surface area contributed by atoms with Crippen LogP contribution in [-0.2, 0) is 0 Å². The highest BCUT2D eigenvalue weighted by atomic mass is 16.5. The van der Waals surface area contributed by atoms with Gasteiger partial charge in [-0.2, -0.15) is 0 Å². The second-order valence-corrected chi connectivity index (χ2v) is 5.12. The van der Waals surface area contributed by atoms with Crippen LogP contribution < -0.4 is 20.5 Å². The van der Waals surface area contributed by atoms with Gasteiger partial charge in [-0.15, -0.1) is 0 Å². The smallest absolute Gasteiger partial charge is 0.142 e. The number of rotatable bonds is 7. The number of ether oxygens (including phenoxy) is 2. The van der Waals surface area contributed by atoms with Crippen LogP contribution in [0.5, 0.6) is 11.5 Å². The van der Waals surface area contributed by atoms with E-state index in [0.29, 0.717) is 6.54 Å². The molecule has 0 spiro atoms. The van der Waals surface area contributed by atoms with Crippen LogP contribution in [-0.4, -0.2) is 27.3 Å². The van der Waals surface area contributed by atoms with Gasteiger partial charge in [-0.1, -0.05) is 13.8 Å². The molecule has 3 N–H and O–H groups in total. The van der Waals surface area contributed by atoms with E-state index >= 15 is 0 Å². The molecule has 4 heteroatoms. The molecule has 0 aliphatic heterocycles. The van der Waals surface area contributed by atoms with Gasteiger partial charge in [-0.3, -0.25) is 0 Å². The third-order valence-corrected chi connectivity index (χ3v) is 2.99. The molecule has 0 saturated carbocycles. The zero-order valence-electron chi connectivity index (χ0n) is 11.7. The van der Waals surface area contributed by atoms with E-state index in [4.69, 9.17) is 15.2 Å². The molecule has 0 aliphatic rings. The summed E-state index contributed by atoms with van der Waals surface area (Å²) in [7, 11) is 3.32. The van der Waals surface area contributed by atoms with Gasteiger partial charge in [0.2, 0.25) is 0 Å². The minimum atomic E-state index is 0.156. The fraction of sp³-hybridized carbons (Fsp3) is 0.571. The van der Waals surface area contributed by atoms with Crippen LogP contribution in [0.2, 0.25) is 0 Å². The Morgan fingerprint density at radius 1 is 1.22 bits per heavy atom. The fourth-order valence-electron chi connectivity index (χ4n) is 1.77. The summed E-state index contributed by atoms with van der Waals surface area (Å²) < 4.78 is 10.5. The average Bonchev–Trinajstić information content (AvgIpc) is 2.36. The Kier molecular flexibility index (Phi) is 5.28. The molecule has 0 unspecified atom stereocenters. The SMILES string of the molecule is COc1ccc(OC)c(NCC(C)(C)CCN)c1. The van der Waals surface area contributed by atoms with Crippen molar-refractivity contribution in [1.29, 1.82) is 0 Å². The van der Waals surface area contributed by atoms with Crippen molar-refractivity contribution in [2.45, 2.75) is 20.3 Å². The molecule has 0 amide bonds. The van der Waals surface area contributed by atoms with E-state index in [1.54, 1.807) is 14.2 Å². The number of hydrogen-bond acceptors (Lipinski definition) is 4. The van der Waals surface area contributed by atoms with Gasteiger partial charge in [-0.25, -0.2) is 0 Å². The molecule has 1 aromatic rings. The van der Waals surface area contributed by atoms with Crippen molar-refractivity contribution in [1.82, 2.24) is 0 Å². The molecule has 0 fully saturated rings. The van der Waals surface area contributed by atoms with E-state index in [1.807, 2.05) is 18.2 Å². The Labute approximate surface area is 109 Å². The molecular weight excluding hydrogens is 228 g/mol. The van der Waals surface area contributed by atoms with Crippen LogP contribution in [0.4, 0.5) is 5.69 Å². The van der Waals surface area contributed by atoms with Crippen LogP contribution in [0.25, 0.3) is 0 Å². The van der Waals surface area contributed by atoms with Crippen molar-refractivity contribution in [3.63, 3.8) is 0 Å². The van der Waals surface area contributed by atoms with Gasteiger partial charge in [0.1, 0.15) is 11.5 Å². The highest BCUT2D eigenvalue weighted by molar-refractivity contribution is 5.59. The number of anilines is 1. The Hall–Kier alpha value is -1.42. The Bertz CT molecular complexity index is 378. The van der Waals surface area contributed by atoms with E-state index in [-0.39, 0.29) is 5.41 Å². The minimum absolute atomic E-state index is 0.156. The summed E-state index contributed by atoms with van der Waals surface area (Å²) in [6.07, 6.45) is 0.978. The van der Waals surface area contributed by atoms with Crippen molar-refractivity contribution >= 4 is 5.69 Å². The lowest BCUT2D eigenvalue weighted by Gasteiger charge is -2.25. The highest BCUT2D eigenvalue weighted by Crippen LogP contribution is 2.30. The zero-order valence-corrected chi connectivity index (χ0v) is 11.7. The van der Waals surface area contributed by atoms with Crippen LogP contribution in [0.15, 0.2) is 18.2 Å². The topological polar surface area (TPSA) is 56.5 Å². The second-order valence-electron chi connectivity index (χ2n) is 5.12. The maximum absolute atomic E-state index is 5.61. The van der Waals surface area contributed by atoms with Crippen molar-refractivity contribution in [2.24, 2.45) is 11.1 Å². The van der Waals surface area contributed by atoms with Crippen LogP contribution in [0, 0.1) is 5.41 Å². The predicted octanol–water partition coefficient (Wildman–Crippen LogP) is 2.49. The van der Waals surface area contributed by atoms with Crippen LogP contribution >= 0.6 is 0 Å². The molecule has 102 valence electrons. The number of benzene rings is 1. The molecule has 0 aliphatic carbocycles. The minimum Gasteiger partial charge on any atom is -0.497 e. The number of hydrogen-bond donors (Lipinski definition) is 2. The Balaban J connectivity index is 2.76.